The molecule has 0 unspecified atom stereocenters. The number of fused-ring (bicyclic) bond motifs is 1. The van der Waals surface area contributed by atoms with Crippen molar-refractivity contribution in [2.45, 2.75) is 45.4 Å². The normalized spacial score (nSPS) is 11.9. The Hall–Kier alpha value is -1.83. The van der Waals surface area contributed by atoms with Crippen LogP contribution in [0.15, 0.2) is 42.5 Å². The first-order chi connectivity index (χ1) is 9.81. The molecule has 2 rings (SSSR count). The summed E-state index contributed by atoms with van der Waals surface area (Å²) in [4.78, 5) is 4.49. The number of para-hydroxylation sites is 1. The molecule has 0 spiro atoms. The van der Waals surface area contributed by atoms with E-state index >= 15 is 0 Å². The van der Waals surface area contributed by atoms with Crippen LogP contribution >= 0.6 is 0 Å². The van der Waals surface area contributed by atoms with Gasteiger partial charge in [0, 0.05) is 5.39 Å². The smallest absolute Gasteiger partial charge is 0.137 e. The zero-order valence-electron chi connectivity index (χ0n) is 12.2. The summed E-state index contributed by atoms with van der Waals surface area (Å²) in [5.41, 5.74) is 1.59. The summed E-state index contributed by atoms with van der Waals surface area (Å²) in [7, 11) is 0. The van der Waals surface area contributed by atoms with Crippen molar-refractivity contribution in [3.05, 3.63) is 48.2 Å². The summed E-state index contributed by atoms with van der Waals surface area (Å²) in [5, 5.41) is 11.2. The molecule has 2 heteroatoms. The number of hydrogen-bond donors (Lipinski definition) is 1. The highest BCUT2D eigenvalue weighted by atomic mass is 16.3. The third-order valence-corrected chi connectivity index (χ3v) is 3.51. The van der Waals surface area contributed by atoms with E-state index in [1.54, 1.807) is 0 Å². The second-order valence-corrected chi connectivity index (χ2v) is 5.18. The van der Waals surface area contributed by atoms with Crippen molar-refractivity contribution in [3.63, 3.8) is 0 Å². The molecule has 0 saturated carbocycles. The third kappa shape index (κ3) is 4.09. The summed E-state index contributed by atoms with van der Waals surface area (Å²) in [6.45, 7) is 2.22. The van der Waals surface area contributed by atoms with E-state index in [4.69, 9.17) is 0 Å². The number of rotatable bonds is 7. The highest BCUT2D eigenvalue weighted by molar-refractivity contribution is 5.80. The number of allylic oxidation sites excluding steroid dienone is 1. The molecule has 0 aliphatic heterocycles. The van der Waals surface area contributed by atoms with E-state index in [2.05, 4.69) is 11.9 Å². The quantitative estimate of drug-likeness (QED) is 0.532. The highest BCUT2D eigenvalue weighted by Crippen LogP contribution is 2.17. The molecule has 0 aliphatic carbocycles. The lowest BCUT2D eigenvalue weighted by Gasteiger charge is -2.03. The Balaban J connectivity index is 1.94. The molecule has 0 saturated heterocycles. The van der Waals surface area contributed by atoms with E-state index in [1.807, 2.05) is 42.5 Å². The summed E-state index contributed by atoms with van der Waals surface area (Å²) in [6.07, 6.45) is 9.05. The minimum Gasteiger partial charge on any atom is -0.506 e. The molecular weight excluding hydrogens is 246 g/mol. The van der Waals surface area contributed by atoms with Crippen LogP contribution in [0, 0.1) is 0 Å². The zero-order valence-corrected chi connectivity index (χ0v) is 12.2. The number of benzene rings is 1. The summed E-state index contributed by atoms with van der Waals surface area (Å²) < 4.78 is 0. The number of pyridine rings is 1. The molecule has 20 heavy (non-hydrogen) atoms. The van der Waals surface area contributed by atoms with Gasteiger partial charge >= 0.3 is 0 Å². The fourth-order valence-electron chi connectivity index (χ4n) is 2.30. The van der Waals surface area contributed by atoms with Crippen LogP contribution in [-0.4, -0.2) is 10.1 Å². The Labute approximate surface area is 121 Å². The molecule has 0 amide bonds. The minimum atomic E-state index is 0.297. The first kappa shape index (κ1) is 14.6. The van der Waals surface area contributed by atoms with Gasteiger partial charge in [0.1, 0.15) is 11.5 Å². The fraction of sp³-hybridized carbons (Fsp3) is 0.389. The van der Waals surface area contributed by atoms with Gasteiger partial charge in [-0.25, -0.2) is 4.98 Å². The van der Waals surface area contributed by atoms with Crippen LogP contribution in [0.25, 0.3) is 16.7 Å². The van der Waals surface area contributed by atoms with Gasteiger partial charge in [-0.1, -0.05) is 56.9 Å². The molecule has 2 aromatic rings. The summed E-state index contributed by atoms with van der Waals surface area (Å²) in [5.74, 6) is 0.297. The number of nitrogens with zero attached hydrogens (tertiary/aromatic N) is 1. The SMILES string of the molecule is CCCCCCC/C=C(\O)c1ccc2ccccc2n1. The van der Waals surface area contributed by atoms with Crippen molar-refractivity contribution in [1.29, 1.82) is 0 Å². The van der Waals surface area contributed by atoms with Crippen LogP contribution in [0.4, 0.5) is 0 Å². The van der Waals surface area contributed by atoms with Gasteiger partial charge in [0.2, 0.25) is 0 Å². The van der Waals surface area contributed by atoms with E-state index in [1.165, 1.54) is 25.7 Å². The average Bonchev–Trinajstić information content (AvgIpc) is 2.50. The third-order valence-electron chi connectivity index (χ3n) is 3.51. The average molecular weight is 269 g/mol. The molecule has 0 fully saturated rings. The molecule has 0 radical (unpaired) electrons. The van der Waals surface area contributed by atoms with E-state index in [9.17, 15) is 5.11 Å². The van der Waals surface area contributed by atoms with E-state index in [0.717, 1.165) is 23.7 Å². The Morgan fingerprint density at radius 2 is 1.85 bits per heavy atom. The molecule has 1 aromatic carbocycles. The van der Waals surface area contributed by atoms with Gasteiger partial charge in [-0.3, -0.25) is 0 Å². The minimum absolute atomic E-state index is 0.297. The fourth-order valence-corrected chi connectivity index (χ4v) is 2.30. The second kappa shape index (κ2) is 7.68. The van der Waals surface area contributed by atoms with Crippen LogP contribution in [0.5, 0.6) is 0 Å². The summed E-state index contributed by atoms with van der Waals surface area (Å²) in [6, 6.07) is 11.8. The van der Waals surface area contributed by atoms with Crippen LogP contribution in [0.2, 0.25) is 0 Å². The van der Waals surface area contributed by atoms with Crippen molar-refractivity contribution < 1.29 is 5.11 Å². The van der Waals surface area contributed by atoms with E-state index < -0.39 is 0 Å². The molecule has 0 bridgehead atoms. The molecule has 1 N–H and O–H groups in total. The van der Waals surface area contributed by atoms with Gasteiger partial charge in [-0.15, -0.1) is 0 Å². The molecule has 0 atom stereocenters. The van der Waals surface area contributed by atoms with Crippen molar-refractivity contribution in [1.82, 2.24) is 4.98 Å². The van der Waals surface area contributed by atoms with Gasteiger partial charge in [-0.05, 0) is 31.1 Å². The largest absolute Gasteiger partial charge is 0.506 e. The molecule has 2 nitrogen and oxygen atoms in total. The first-order valence-corrected chi connectivity index (χ1v) is 7.56. The van der Waals surface area contributed by atoms with Crippen LogP contribution in [0.3, 0.4) is 0 Å². The predicted octanol–water partition coefficient (Wildman–Crippen LogP) is 5.49. The number of aliphatic hydroxyl groups is 1. The maximum atomic E-state index is 10.1. The van der Waals surface area contributed by atoms with Gasteiger partial charge in [-0.2, -0.15) is 0 Å². The van der Waals surface area contributed by atoms with Gasteiger partial charge in [0.25, 0.3) is 0 Å². The van der Waals surface area contributed by atoms with Crippen molar-refractivity contribution >= 4 is 16.7 Å². The van der Waals surface area contributed by atoms with Crippen molar-refractivity contribution in [3.8, 4) is 0 Å². The standard InChI is InChI=1S/C18H23NO/c1-2-3-4-5-6-7-12-18(20)17-14-13-15-10-8-9-11-16(15)19-17/h8-14,20H,2-7H2,1H3/b18-12-. The van der Waals surface area contributed by atoms with Gasteiger partial charge < -0.3 is 5.11 Å². The molecule has 106 valence electrons. The Bertz CT molecular complexity index is 574. The van der Waals surface area contributed by atoms with Crippen LogP contribution in [0.1, 0.15) is 51.1 Å². The second-order valence-electron chi connectivity index (χ2n) is 5.18. The molecular formula is C18H23NO. The van der Waals surface area contributed by atoms with Crippen molar-refractivity contribution in [2.24, 2.45) is 0 Å². The monoisotopic (exact) mass is 269 g/mol. The number of aliphatic hydroxyl groups excluding tert-OH is 1. The Morgan fingerprint density at radius 1 is 1.05 bits per heavy atom. The molecule has 1 aromatic heterocycles. The predicted molar refractivity (Wildman–Crippen MR) is 85.7 cm³/mol. The maximum absolute atomic E-state index is 10.1. The Kier molecular flexibility index (Phi) is 5.60. The topological polar surface area (TPSA) is 33.1 Å². The zero-order chi connectivity index (χ0) is 14.2. The summed E-state index contributed by atoms with van der Waals surface area (Å²) >= 11 is 0. The molecule has 1 heterocycles. The lowest BCUT2D eigenvalue weighted by Crippen LogP contribution is -1.89. The number of aromatic nitrogens is 1. The van der Waals surface area contributed by atoms with Crippen LogP contribution < -0.4 is 0 Å². The number of unbranched alkanes of at least 4 members (excludes halogenated alkanes) is 5. The van der Waals surface area contributed by atoms with E-state index in [-0.39, 0.29) is 0 Å². The van der Waals surface area contributed by atoms with Crippen LogP contribution in [-0.2, 0) is 0 Å². The lowest BCUT2D eigenvalue weighted by molar-refractivity contribution is 0.505. The molecule has 0 aliphatic rings. The maximum Gasteiger partial charge on any atom is 0.137 e. The highest BCUT2D eigenvalue weighted by Gasteiger charge is 2.02. The van der Waals surface area contributed by atoms with Gasteiger partial charge in [0.05, 0.1) is 5.52 Å². The van der Waals surface area contributed by atoms with E-state index in [0.29, 0.717) is 11.5 Å². The first-order valence-electron chi connectivity index (χ1n) is 7.56. The van der Waals surface area contributed by atoms with Crippen molar-refractivity contribution in [2.75, 3.05) is 0 Å². The lowest BCUT2D eigenvalue weighted by atomic mass is 10.1. The number of hydrogen-bond acceptors (Lipinski definition) is 2. The van der Waals surface area contributed by atoms with Gasteiger partial charge in [0.15, 0.2) is 0 Å². The Morgan fingerprint density at radius 3 is 2.70 bits per heavy atom.